The summed E-state index contributed by atoms with van der Waals surface area (Å²) >= 11 is 1.39. The van der Waals surface area contributed by atoms with Crippen molar-refractivity contribution in [2.75, 3.05) is 24.5 Å². The first-order valence-corrected chi connectivity index (χ1v) is 14.9. The van der Waals surface area contributed by atoms with Gasteiger partial charge in [0.1, 0.15) is 5.00 Å². The Balaban J connectivity index is 1.50. The van der Waals surface area contributed by atoms with Gasteiger partial charge in [0.2, 0.25) is 0 Å². The molecule has 6 heteroatoms. The van der Waals surface area contributed by atoms with Crippen LogP contribution in [0, 0.1) is 5.92 Å². The van der Waals surface area contributed by atoms with Crippen LogP contribution in [0.3, 0.4) is 0 Å². The maximum Gasteiger partial charge on any atom is 0.263 e. The second-order valence-corrected chi connectivity index (χ2v) is 11.5. The molecule has 4 rings (SSSR count). The fourth-order valence-electron chi connectivity index (χ4n) is 5.49. The van der Waals surface area contributed by atoms with Crippen LogP contribution < -0.4 is 10.5 Å². The Morgan fingerprint density at radius 1 is 1.19 bits per heavy atom. The lowest BCUT2D eigenvalue weighted by Crippen LogP contribution is -2.28. The van der Waals surface area contributed by atoms with Gasteiger partial charge in [0.05, 0.1) is 5.56 Å². The number of aromatic nitrogens is 1. The van der Waals surface area contributed by atoms with E-state index in [9.17, 15) is 9.59 Å². The summed E-state index contributed by atoms with van der Waals surface area (Å²) in [4.78, 5) is 30.1. The molecule has 0 aromatic carbocycles. The average molecular weight is 522 g/mol. The molecule has 1 saturated heterocycles. The van der Waals surface area contributed by atoms with Crippen molar-refractivity contribution in [3.05, 3.63) is 74.8 Å². The second-order valence-electron chi connectivity index (χ2n) is 10.7. The van der Waals surface area contributed by atoms with Gasteiger partial charge in [0.25, 0.3) is 5.56 Å². The van der Waals surface area contributed by atoms with Crippen molar-refractivity contribution >= 4 is 22.3 Å². The van der Waals surface area contributed by atoms with Crippen LogP contribution in [0.5, 0.6) is 0 Å². The Bertz CT molecular complexity index is 1170. The number of nitrogens with zero attached hydrogens (tertiary/aromatic N) is 2. The van der Waals surface area contributed by atoms with Crippen molar-refractivity contribution in [1.29, 1.82) is 0 Å². The third-order valence-corrected chi connectivity index (χ3v) is 8.53. The molecule has 2 aliphatic carbocycles. The highest BCUT2D eigenvalue weighted by molar-refractivity contribution is 7.10. The van der Waals surface area contributed by atoms with E-state index in [2.05, 4.69) is 45.4 Å². The maximum atomic E-state index is 12.9. The fraction of sp³-hybridized carbons (Fsp3) is 0.548. The molecule has 3 aliphatic rings. The summed E-state index contributed by atoms with van der Waals surface area (Å²) in [7, 11) is 0. The number of rotatable bonds is 10. The predicted octanol–water partition coefficient (Wildman–Crippen LogP) is 6.71. The number of hydrogen-bond donors (Lipinski definition) is 1. The standard InChI is InChI=1S/C31H43N3O2S/c1-5-27-30(36)32-37-31(27)34(26-15-16-26)29(6-2)28(23(4)35)20-22(3)19-24-11-13-25(14-12-24)21-33-17-9-7-8-10-18-33/h6,11,13-14,19-20,24,26H,5,7-10,12,15-18,21H2,1-4H3,(H,32,36)/b22-19+,28-20-,29-6+. The van der Waals surface area contributed by atoms with E-state index >= 15 is 0 Å². The minimum Gasteiger partial charge on any atom is -0.328 e. The summed E-state index contributed by atoms with van der Waals surface area (Å²) in [5.74, 6) is 0.388. The molecule has 0 radical (unpaired) electrons. The molecule has 1 saturated carbocycles. The molecule has 1 atom stereocenters. The number of Topliss-reactive ketones (excluding diaryl/α,β-unsaturated/α-hetero) is 1. The zero-order valence-corrected chi connectivity index (χ0v) is 23.8. The second kappa shape index (κ2) is 12.9. The molecule has 1 aromatic heterocycles. The normalized spacial score (nSPS) is 22.1. The molecule has 0 amide bonds. The minimum atomic E-state index is -0.0135. The van der Waals surface area contributed by atoms with E-state index in [4.69, 9.17) is 0 Å². The number of likely N-dealkylation sites (tertiary alicyclic amines) is 1. The smallest absolute Gasteiger partial charge is 0.263 e. The summed E-state index contributed by atoms with van der Waals surface area (Å²) in [6.45, 7) is 11.2. The molecular formula is C31H43N3O2S. The quantitative estimate of drug-likeness (QED) is 0.275. The van der Waals surface area contributed by atoms with Crippen molar-refractivity contribution < 1.29 is 4.79 Å². The van der Waals surface area contributed by atoms with Gasteiger partial charge in [-0.1, -0.05) is 55.7 Å². The van der Waals surface area contributed by atoms with Gasteiger partial charge in [-0.05, 0) is 101 Å². The van der Waals surface area contributed by atoms with Gasteiger partial charge in [0, 0.05) is 23.9 Å². The number of ketones is 1. The molecule has 2 heterocycles. The first-order chi connectivity index (χ1) is 17.9. The number of anilines is 1. The lowest BCUT2D eigenvalue weighted by Gasteiger charge is -2.28. The molecule has 2 fully saturated rings. The number of carbonyl (C=O) groups is 1. The third kappa shape index (κ3) is 7.11. The topological polar surface area (TPSA) is 56.4 Å². The molecule has 1 aliphatic heterocycles. The van der Waals surface area contributed by atoms with Crippen molar-refractivity contribution in [3.63, 3.8) is 0 Å². The van der Waals surface area contributed by atoms with Gasteiger partial charge in [-0.2, -0.15) is 0 Å². The van der Waals surface area contributed by atoms with E-state index in [-0.39, 0.29) is 11.3 Å². The fourth-order valence-corrected chi connectivity index (χ4v) is 6.51. The Hall–Kier alpha value is -2.44. The molecule has 1 unspecified atom stereocenters. The maximum absolute atomic E-state index is 12.9. The third-order valence-electron chi connectivity index (χ3n) is 7.61. The van der Waals surface area contributed by atoms with E-state index in [0.29, 0.717) is 24.0 Å². The number of allylic oxidation sites excluding steroid dienone is 7. The molecule has 0 bridgehead atoms. The van der Waals surface area contributed by atoms with E-state index in [1.165, 1.54) is 55.9 Å². The van der Waals surface area contributed by atoms with Crippen LogP contribution in [-0.4, -0.2) is 40.7 Å². The van der Waals surface area contributed by atoms with E-state index < -0.39 is 0 Å². The van der Waals surface area contributed by atoms with Crippen LogP contribution in [0.4, 0.5) is 5.00 Å². The monoisotopic (exact) mass is 521 g/mol. The van der Waals surface area contributed by atoms with Crippen molar-refractivity contribution in [2.24, 2.45) is 5.92 Å². The Morgan fingerprint density at radius 2 is 1.92 bits per heavy atom. The van der Waals surface area contributed by atoms with Crippen LogP contribution in [0.25, 0.3) is 0 Å². The van der Waals surface area contributed by atoms with Crippen LogP contribution >= 0.6 is 11.5 Å². The van der Waals surface area contributed by atoms with Crippen LogP contribution in [0.2, 0.25) is 0 Å². The summed E-state index contributed by atoms with van der Waals surface area (Å²) in [6, 6.07) is 0.337. The lowest BCUT2D eigenvalue weighted by molar-refractivity contribution is -0.113. The SMILES string of the molecule is C\C=C(/C(=C\C(C)=C\C1C=CC(CN2CCCCCC2)=CC1)C(C)=O)N(c1s[nH]c(=O)c1CC)C1CC1. The van der Waals surface area contributed by atoms with E-state index in [1.807, 2.05) is 26.0 Å². The Labute approximate surface area is 226 Å². The summed E-state index contributed by atoms with van der Waals surface area (Å²) in [6.07, 6.45) is 22.5. The van der Waals surface area contributed by atoms with Gasteiger partial charge in [-0.25, -0.2) is 0 Å². The number of H-pyrrole nitrogens is 1. The summed E-state index contributed by atoms with van der Waals surface area (Å²) in [5.41, 5.74) is 4.94. The highest BCUT2D eigenvalue weighted by Gasteiger charge is 2.35. The summed E-state index contributed by atoms with van der Waals surface area (Å²) in [5, 5.41) is 0.953. The van der Waals surface area contributed by atoms with E-state index in [0.717, 1.165) is 47.6 Å². The van der Waals surface area contributed by atoms with Gasteiger partial charge >= 0.3 is 0 Å². The van der Waals surface area contributed by atoms with Crippen molar-refractivity contribution in [1.82, 2.24) is 9.27 Å². The molecular weight excluding hydrogens is 478 g/mol. The number of carbonyl (C=O) groups excluding carboxylic acids is 1. The molecule has 37 heavy (non-hydrogen) atoms. The van der Waals surface area contributed by atoms with Crippen LogP contribution in [-0.2, 0) is 11.2 Å². The number of aromatic amines is 1. The molecule has 5 nitrogen and oxygen atoms in total. The van der Waals surface area contributed by atoms with Gasteiger partial charge < -0.3 is 4.90 Å². The van der Waals surface area contributed by atoms with Crippen molar-refractivity contribution in [2.45, 2.75) is 85.1 Å². The van der Waals surface area contributed by atoms with Gasteiger partial charge in [-0.15, -0.1) is 0 Å². The minimum absolute atomic E-state index is 0.0135. The molecule has 0 spiro atoms. The number of hydrogen-bond acceptors (Lipinski definition) is 5. The first kappa shape index (κ1) is 27.6. The zero-order valence-electron chi connectivity index (χ0n) is 23.0. The molecule has 200 valence electrons. The van der Waals surface area contributed by atoms with Gasteiger partial charge in [0.15, 0.2) is 5.78 Å². The number of nitrogens with one attached hydrogen (secondary N) is 1. The highest BCUT2D eigenvalue weighted by Crippen LogP contribution is 2.40. The predicted molar refractivity (Wildman–Crippen MR) is 156 cm³/mol. The van der Waals surface area contributed by atoms with E-state index in [1.54, 1.807) is 6.92 Å². The Morgan fingerprint density at radius 3 is 2.49 bits per heavy atom. The Kier molecular flexibility index (Phi) is 9.60. The largest absolute Gasteiger partial charge is 0.328 e. The van der Waals surface area contributed by atoms with Crippen molar-refractivity contribution in [3.8, 4) is 0 Å². The first-order valence-electron chi connectivity index (χ1n) is 14.1. The van der Waals surface area contributed by atoms with Crippen LogP contribution in [0.1, 0.15) is 78.2 Å². The van der Waals surface area contributed by atoms with Crippen LogP contribution in [0.15, 0.2) is 63.7 Å². The van der Waals surface area contributed by atoms with Gasteiger partial charge in [-0.3, -0.25) is 18.9 Å². The molecule has 1 aromatic rings. The average Bonchev–Trinajstić information content (AvgIpc) is 3.69. The summed E-state index contributed by atoms with van der Waals surface area (Å²) < 4.78 is 2.91. The highest BCUT2D eigenvalue weighted by atomic mass is 32.1. The zero-order chi connectivity index (χ0) is 26.4. The lowest BCUT2D eigenvalue weighted by atomic mass is 9.93. The molecule has 1 N–H and O–H groups in total.